The lowest BCUT2D eigenvalue weighted by molar-refractivity contribution is -0.385. The van der Waals surface area contributed by atoms with Gasteiger partial charge in [-0.25, -0.2) is 4.98 Å². The van der Waals surface area contributed by atoms with Crippen LogP contribution in [0.4, 0.5) is 5.69 Å². The van der Waals surface area contributed by atoms with Crippen molar-refractivity contribution in [3.8, 4) is 22.8 Å². The highest BCUT2D eigenvalue weighted by molar-refractivity contribution is 5.76. The average molecular weight is 336 g/mol. The Morgan fingerprint density at radius 3 is 2.40 bits per heavy atom. The van der Waals surface area contributed by atoms with Crippen LogP contribution in [0.2, 0.25) is 0 Å². The molecule has 0 bridgehead atoms. The van der Waals surface area contributed by atoms with Crippen molar-refractivity contribution < 1.29 is 14.4 Å². The Bertz CT molecular complexity index is 864. The van der Waals surface area contributed by atoms with Gasteiger partial charge in [-0.2, -0.15) is 0 Å². The Hall–Kier alpha value is -3.41. The minimum Gasteiger partial charge on any atom is -0.497 e. The van der Waals surface area contributed by atoms with Crippen molar-refractivity contribution in [3.05, 3.63) is 82.5 Å². The fraction of sp³-hybridized carbons (Fsp3) is 0.105. The molecule has 0 fully saturated rings. The Labute approximate surface area is 144 Å². The summed E-state index contributed by atoms with van der Waals surface area (Å²) in [6.07, 6.45) is 1.51. The molecule has 0 amide bonds. The zero-order valence-corrected chi connectivity index (χ0v) is 13.6. The normalized spacial score (nSPS) is 10.3. The van der Waals surface area contributed by atoms with E-state index in [1.807, 2.05) is 30.3 Å². The van der Waals surface area contributed by atoms with Gasteiger partial charge in [0, 0.05) is 6.20 Å². The number of aromatic nitrogens is 1. The van der Waals surface area contributed by atoms with E-state index in [1.165, 1.54) is 6.20 Å². The molecule has 0 atom stereocenters. The summed E-state index contributed by atoms with van der Waals surface area (Å²) in [4.78, 5) is 15.2. The van der Waals surface area contributed by atoms with Gasteiger partial charge in [0.25, 0.3) is 5.88 Å². The van der Waals surface area contributed by atoms with Crippen LogP contribution >= 0.6 is 0 Å². The first-order valence-corrected chi connectivity index (χ1v) is 7.63. The molecule has 0 saturated heterocycles. The molecule has 0 unspecified atom stereocenters. The molecule has 3 rings (SSSR count). The van der Waals surface area contributed by atoms with Crippen molar-refractivity contribution in [1.82, 2.24) is 4.98 Å². The number of ether oxygens (including phenoxy) is 2. The van der Waals surface area contributed by atoms with Crippen LogP contribution in [0.15, 0.2) is 66.9 Å². The van der Waals surface area contributed by atoms with Gasteiger partial charge in [-0.05, 0) is 29.3 Å². The summed E-state index contributed by atoms with van der Waals surface area (Å²) in [6, 6.07) is 18.1. The lowest BCUT2D eigenvalue weighted by Crippen LogP contribution is -2.02. The van der Waals surface area contributed by atoms with E-state index in [0.717, 1.165) is 5.56 Å². The van der Waals surface area contributed by atoms with Gasteiger partial charge in [-0.1, -0.05) is 42.5 Å². The van der Waals surface area contributed by atoms with Crippen LogP contribution in [0.5, 0.6) is 11.6 Å². The van der Waals surface area contributed by atoms with E-state index in [-0.39, 0.29) is 18.2 Å². The molecule has 0 aliphatic rings. The second kappa shape index (κ2) is 7.44. The van der Waals surface area contributed by atoms with E-state index in [9.17, 15) is 10.1 Å². The molecule has 2 aromatic carbocycles. The average Bonchev–Trinajstić information content (AvgIpc) is 2.66. The van der Waals surface area contributed by atoms with Gasteiger partial charge in [0.05, 0.1) is 17.6 Å². The van der Waals surface area contributed by atoms with E-state index >= 15 is 0 Å². The summed E-state index contributed by atoms with van der Waals surface area (Å²) in [5.41, 5.74) is 1.90. The highest BCUT2D eigenvalue weighted by atomic mass is 16.6. The number of pyridine rings is 1. The zero-order valence-electron chi connectivity index (χ0n) is 13.6. The van der Waals surface area contributed by atoms with Crippen molar-refractivity contribution in [3.63, 3.8) is 0 Å². The molecule has 0 N–H and O–H groups in total. The zero-order chi connectivity index (χ0) is 17.6. The SMILES string of the molecule is COc1ccc(-c2ccnc(OCc3ccccc3)c2[N+](=O)[O-])cc1. The first-order chi connectivity index (χ1) is 12.2. The lowest BCUT2D eigenvalue weighted by atomic mass is 10.1. The van der Waals surface area contributed by atoms with Crippen LogP contribution in [0.25, 0.3) is 11.1 Å². The molecular formula is C19H16N2O4. The van der Waals surface area contributed by atoms with Gasteiger partial charge < -0.3 is 9.47 Å². The quantitative estimate of drug-likeness (QED) is 0.497. The van der Waals surface area contributed by atoms with Gasteiger partial charge in [-0.3, -0.25) is 10.1 Å². The molecule has 0 saturated carbocycles. The van der Waals surface area contributed by atoms with E-state index in [0.29, 0.717) is 16.9 Å². The number of benzene rings is 2. The van der Waals surface area contributed by atoms with Crippen LogP contribution in [-0.2, 0) is 6.61 Å². The molecule has 3 aromatic rings. The molecule has 25 heavy (non-hydrogen) atoms. The van der Waals surface area contributed by atoms with Crippen LogP contribution in [0.3, 0.4) is 0 Å². The van der Waals surface area contributed by atoms with Gasteiger partial charge in [0.15, 0.2) is 0 Å². The summed E-state index contributed by atoms with van der Waals surface area (Å²) in [5.74, 6) is 0.684. The van der Waals surface area contributed by atoms with Crippen molar-refractivity contribution in [1.29, 1.82) is 0 Å². The lowest BCUT2D eigenvalue weighted by Gasteiger charge is -2.09. The summed E-state index contributed by atoms with van der Waals surface area (Å²) < 4.78 is 10.7. The van der Waals surface area contributed by atoms with Gasteiger partial charge in [0.2, 0.25) is 0 Å². The number of methoxy groups -OCH3 is 1. The summed E-state index contributed by atoms with van der Waals surface area (Å²) in [5, 5.41) is 11.6. The maximum absolute atomic E-state index is 11.6. The summed E-state index contributed by atoms with van der Waals surface area (Å²) >= 11 is 0. The second-order valence-corrected chi connectivity index (χ2v) is 5.27. The van der Waals surface area contributed by atoms with E-state index in [2.05, 4.69) is 4.98 Å². The molecule has 1 aromatic heterocycles. The molecule has 6 nitrogen and oxygen atoms in total. The van der Waals surface area contributed by atoms with Crippen LogP contribution in [0.1, 0.15) is 5.56 Å². The second-order valence-electron chi connectivity index (χ2n) is 5.27. The first-order valence-electron chi connectivity index (χ1n) is 7.63. The minimum absolute atomic E-state index is 0.00201. The van der Waals surface area contributed by atoms with Crippen LogP contribution in [-0.4, -0.2) is 17.0 Å². The monoisotopic (exact) mass is 336 g/mol. The smallest absolute Gasteiger partial charge is 0.338 e. The minimum atomic E-state index is -0.465. The Kier molecular flexibility index (Phi) is 4.89. The van der Waals surface area contributed by atoms with Crippen LogP contribution < -0.4 is 9.47 Å². The number of hydrogen-bond donors (Lipinski definition) is 0. The maximum atomic E-state index is 11.6. The third-order valence-electron chi connectivity index (χ3n) is 3.69. The largest absolute Gasteiger partial charge is 0.497 e. The van der Waals surface area contributed by atoms with E-state index < -0.39 is 4.92 Å². The highest BCUT2D eigenvalue weighted by Crippen LogP contribution is 2.36. The van der Waals surface area contributed by atoms with E-state index in [4.69, 9.17) is 9.47 Å². The molecular weight excluding hydrogens is 320 g/mol. The topological polar surface area (TPSA) is 74.5 Å². The fourth-order valence-electron chi connectivity index (χ4n) is 2.45. The Morgan fingerprint density at radius 1 is 1.04 bits per heavy atom. The summed E-state index contributed by atoms with van der Waals surface area (Å²) in [6.45, 7) is 0.209. The maximum Gasteiger partial charge on any atom is 0.338 e. The fourth-order valence-corrected chi connectivity index (χ4v) is 2.45. The number of rotatable bonds is 6. The Balaban J connectivity index is 1.94. The van der Waals surface area contributed by atoms with Gasteiger partial charge in [0.1, 0.15) is 12.4 Å². The first kappa shape index (κ1) is 16.4. The third-order valence-corrected chi connectivity index (χ3v) is 3.69. The molecule has 0 radical (unpaired) electrons. The standard InChI is InChI=1S/C19H16N2O4/c1-24-16-9-7-15(8-10-16)17-11-12-20-19(18(17)21(22)23)25-13-14-5-3-2-4-6-14/h2-12H,13H2,1H3. The van der Waals surface area contributed by atoms with Crippen LogP contribution in [0, 0.1) is 10.1 Å². The van der Waals surface area contributed by atoms with Crippen molar-refractivity contribution in [2.75, 3.05) is 7.11 Å². The van der Waals surface area contributed by atoms with Crippen molar-refractivity contribution in [2.24, 2.45) is 0 Å². The Morgan fingerprint density at radius 2 is 1.76 bits per heavy atom. The molecule has 1 heterocycles. The predicted molar refractivity (Wildman–Crippen MR) is 93.7 cm³/mol. The third kappa shape index (κ3) is 3.74. The van der Waals surface area contributed by atoms with Gasteiger partial charge in [-0.15, -0.1) is 0 Å². The molecule has 0 spiro atoms. The van der Waals surface area contributed by atoms with E-state index in [1.54, 1.807) is 37.4 Å². The molecule has 0 aliphatic carbocycles. The number of nitrogens with zero attached hydrogens (tertiary/aromatic N) is 2. The van der Waals surface area contributed by atoms with Gasteiger partial charge >= 0.3 is 5.69 Å². The molecule has 6 heteroatoms. The van der Waals surface area contributed by atoms with Crippen molar-refractivity contribution in [2.45, 2.75) is 6.61 Å². The number of hydrogen-bond acceptors (Lipinski definition) is 5. The predicted octanol–water partition coefficient (Wildman–Crippen LogP) is 4.24. The molecule has 126 valence electrons. The summed E-state index contributed by atoms with van der Waals surface area (Å²) in [7, 11) is 1.57. The molecule has 0 aliphatic heterocycles. The highest BCUT2D eigenvalue weighted by Gasteiger charge is 2.23. The van der Waals surface area contributed by atoms with Crippen molar-refractivity contribution >= 4 is 5.69 Å². The number of nitro groups is 1.